The molecule has 0 radical (unpaired) electrons. The van der Waals surface area contributed by atoms with Crippen LogP contribution in [-0.2, 0) is 10.0 Å². The van der Waals surface area contributed by atoms with Crippen LogP contribution in [0.5, 0.6) is 0 Å². The van der Waals surface area contributed by atoms with E-state index in [1.54, 1.807) is 0 Å². The minimum Gasteiger partial charge on any atom is -0.324 e. The van der Waals surface area contributed by atoms with Crippen molar-refractivity contribution >= 4 is 33.0 Å². The SMILES string of the molecule is NNc1ccc(S(=O)(=O)Nc2c(F)cccc2Cl)cc1. The maximum Gasteiger partial charge on any atom is 0.262 e. The summed E-state index contributed by atoms with van der Waals surface area (Å²) in [6, 6.07) is 9.54. The number of para-hydroxylation sites is 1. The van der Waals surface area contributed by atoms with Crippen LogP contribution in [0.3, 0.4) is 0 Å². The van der Waals surface area contributed by atoms with Crippen molar-refractivity contribution < 1.29 is 12.8 Å². The molecular weight excluding hydrogens is 305 g/mol. The molecule has 0 aliphatic carbocycles. The predicted octanol–water partition coefficient (Wildman–Crippen LogP) is 2.57. The third-order valence-corrected chi connectivity index (χ3v) is 4.21. The molecule has 4 N–H and O–H groups in total. The van der Waals surface area contributed by atoms with Gasteiger partial charge in [0.2, 0.25) is 0 Å². The number of hydrogen-bond donors (Lipinski definition) is 3. The van der Waals surface area contributed by atoms with Crippen LogP contribution in [0.4, 0.5) is 15.8 Å². The first kappa shape index (κ1) is 14.6. The monoisotopic (exact) mass is 315 g/mol. The largest absolute Gasteiger partial charge is 0.324 e. The Hall–Kier alpha value is -1.83. The molecule has 0 unspecified atom stereocenters. The van der Waals surface area contributed by atoms with Crippen molar-refractivity contribution in [2.24, 2.45) is 5.84 Å². The number of anilines is 2. The van der Waals surface area contributed by atoms with E-state index in [4.69, 9.17) is 17.4 Å². The summed E-state index contributed by atoms with van der Waals surface area (Å²) in [6.45, 7) is 0. The van der Waals surface area contributed by atoms with E-state index in [0.717, 1.165) is 6.07 Å². The normalized spacial score (nSPS) is 11.2. The Bertz CT molecular complexity index is 700. The summed E-state index contributed by atoms with van der Waals surface area (Å²) in [4.78, 5) is -0.0316. The van der Waals surface area contributed by atoms with Crippen LogP contribution in [0.1, 0.15) is 0 Å². The average Bonchev–Trinajstić information content (AvgIpc) is 2.43. The van der Waals surface area contributed by atoms with E-state index in [0.29, 0.717) is 5.69 Å². The lowest BCUT2D eigenvalue weighted by molar-refractivity contribution is 0.598. The van der Waals surface area contributed by atoms with Gasteiger partial charge >= 0.3 is 0 Å². The molecule has 0 fully saturated rings. The lowest BCUT2D eigenvalue weighted by Gasteiger charge is -2.10. The Morgan fingerprint density at radius 1 is 1.10 bits per heavy atom. The van der Waals surface area contributed by atoms with Crippen LogP contribution >= 0.6 is 11.6 Å². The number of nitrogen functional groups attached to an aromatic ring is 1. The summed E-state index contributed by atoms with van der Waals surface area (Å²) in [5.74, 6) is 4.44. The first-order chi connectivity index (χ1) is 9.44. The summed E-state index contributed by atoms with van der Waals surface area (Å²) in [6.07, 6.45) is 0. The molecule has 2 rings (SSSR count). The third-order valence-electron chi connectivity index (χ3n) is 2.53. The van der Waals surface area contributed by atoms with Gasteiger partial charge in [0.15, 0.2) is 0 Å². The van der Waals surface area contributed by atoms with E-state index in [9.17, 15) is 12.8 Å². The Balaban J connectivity index is 2.35. The van der Waals surface area contributed by atoms with Gasteiger partial charge in [0.25, 0.3) is 10.0 Å². The van der Waals surface area contributed by atoms with Gasteiger partial charge in [0.1, 0.15) is 11.5 Å². The van der Waals surface area contributed by atoms with E-state index in [1.165, 1.54) is 36.4 Å². The fourth-order valence-corrected chi connectivity index (χ4v) is 2.87. The summed E-state index contributed by atoms with van der Waals surface area (Å²) in [7, 11) is -3.93. The van der Waals surface area contributed by atoms with Crippen LogP contribution in [0, 0.1) is 5.82 Å². The van der Waals surface area contributed by atoms with Crippen LogP contribution in [0.25, 0.3) is 0 Å². The van der Waals surface area contributed by atoms with Gasteiger partial charge in [-0.3, -0.25) is 10.6 Å². The van der Waals surface area contributed by atoms with Crippen molar-refractivity contribution in [1.29, 1.82) is 0 Å². The van der Waals surface area contributed by atoms with Crippen LogP contribution in [-0.4, -0.2) is 8.42 Å². The van der Waals surface area contributed by atoms with Gasteiger partial charge in [-0.1, -0.05) is 17.7 Å². The van der Waals surface area contributed by atoms with Crippen molar-refractivity contribution in [2.45, 2.75) is 4.90 Å². The Morgan fingerprint density at radius 3 is 2.30 bits per heavy atom. The topological polar surface area (TPSA) is 84.2 Å². The second-order valence-corrected chi connectivity index (χ2v) is 5.96. The number of hydrazine groups is 1. The van der Waals surface area contributed by atoms with Gasteiger partial charge in [0, 0.05) is 5.69 Å². The maximum absolute atomic E-state index is 13.6. The Labute approximate surface area is 120 Å². The molecular formula is C12H11ClFN3O2S. The lowest BCUT2D eigenvalue weighted by atomic mass is 10.3. The fraction of sp³-hybridized carbons (Fsp3) is 0. The second-order valence-electron chi connectivity index (χ2n) is 3.87. The molecule has 5 nitrogen and oxygen atoms in total. The quantitative estimate of drug-likeness (QED) is 0.598. The molecule has 0 saturated carbocycles. The Kier molecular flexibility index (Phi) is 4.12. The number of rotatable bonds is 4. The van der Waals surface area contributed by atoms with Crippen LogP contribution in [0.15, 0.2) is 47.4 Å². The van der Waals surface area contributed by atoms with E-state index < -0.39 is 15.8 Å². The predicted molar refractivity (Wildman–Crippen MR) is 76.5 cm³/mol. The van der Waals surface area contributed by atoms with Gasteiger partial charge in [-0.2, -0.15) is 0 Å². The maximum atomic E-state index is 13.6. The highest BCUT2D eigenvalue weighted by atomic mass is 35.5. The number of sulfonamides is 1. The van der Waals surface area contributed by atoms with Gasteiger partial charge < -0.3 is 5.43 Å². The van der Waals surface area contributed by atoms with E-state index in [2.05, 4.69) is 10.1 Å². The second kappa shape index (κ2) is 5.66. The molecule has 0 amide bonds. The summed E-state index contributed by atoms with van der Waals surface area (Å²) >= 11 is 5.78. The summed E-state index contributed by atoms with van der Waals surface area (Å²) in [5, 5.41) is -0.0196. The molecule has 0 heterocycles. The van der Waals surface area contributed by atoms with Gasteiger partial charge in [-0.15, -0.1) is 0 Å². The average molecular weight is 316 g/mol. The van der Waals surface area contributed by atoms with Crippen molar-refractivity contribution in [1.82, 2.24) is 0 Å². The van der Waals surface area contributed by atoms with E-state index in [-0.39, 0.29) is 15.6 Å². The zero-order valence-corrected chi connectivity index (χ0v) is 11.7. The van der Waals surface area contributed by atoms with Gasteiger partial charge in [-0.05, 0) is 36.4 Å². The molecule has 0 aliphatic rings. The highest BCUT2D eigenvalue weighted by Gasteiger charge is 2.18. The molecule has 0 aliphatic heterocycles. The highest BCUT2D eigenvalue weighted by molar-refractivity contribution is 7.92. The molecule has 0 aromatic heterocycles. The smallest absolute Gasteiger partial charge is 0.262 e. The molecule has 0 atom stereocenters. The highest BCUT2D eigenvalue weighted by Crippen LogP contribution is 2.27. The van der Waals surface area contributed by atoms with Crippen molar-refractivity contribution in [2.75, 3.05) is 10.1 Å². The molecule has 20 heavy (non-hydrogen) atoms. The van der Waals surface area contributed by atoms with Crippen molar-refractivity contribution in [3.8, 4) is 0 Å². The van der Waals surface area contributed by atoms with Crippen LogP contribution < -0.4 is 16.0 Å². The number of halogens is 2. The molecule has 8 heteroatoms. The summed E-state index contributed by atoms with van der Waals surface area (Å²) in [5.41, 5.74) is 2.64. The lowest BCUT2D eigenvalue weighted by Crippen LogP contribution is -2.14. The van der Waals surface area contributed by atoms with Gasteiger partial charge in [-0.25, -0.2) is 12.8 Å². The number of nitrogens with two attached hydrogens (primary N) is 1. The first-order valence-electron chi connectivity index (χ1n) is 5.47. The fourth-order valence-electron chi connectivity index (χ4n) is 1.52. The molecule has 0 saturated heterocycles. The minimum absolute atomic E-state index is 0.0196. The van der Waals surface area contributed by atoms with Crippen molar-refractivity contribution in [3.05, 3.63) is 53.3 Å². The molecule has 0 spiro atoms. The summed E-state index contributed by atoms with van der Waals surface area (Å²) < 4.78 is 39.9. The standard InChI is InChI=1S/C12H11ClFN3O2S/c13-10-2-1-3-11(14)12(10)17-20(18,19)9-6-4-8(16-15)5-7-9/h1-7,16-17H,15H2. The molecule has 0 bridgehead atoms. The van der Waals surface area contributed by atoms with Gasteiger partial charge in [0.05, 0.1) is 9.92 Å². The van der Waals surface area contributed by atoms with E-state index in [1.807, 2.05) is 0 Å². The molecule has 2 aromatic carbocycles. The number of nitrogens with one attached hydrogen (secondary N) is 2. The number of hydrogen-bond acceptors (Lipinski definition) is 4. The first-order valence-corrected chi connectivity index (χ1v) is 7.33. The van der Waals surface area contributed by atoms with Crippen LogP contribution in [0.2, 0.25) is 5.02 Å². The number of benzene rings is 2. The zero-order valence-electron chi connectivity index (χ0n) is 10.1. The zero-order chi connectivity index (χ0) is 14.8. The Morgan fingerprint density at radius 2 is 1.75 bits per heavy atom. The minimum atomic E-state index is -3.93. The third kappa shape index (κ3) is 3.01. The molecule has 2 aromatic rings. The van der Waals surface area contributed by atoms with E-state index >= 15 is 0 Å². The molecule has 106 valence electrons. The van der Waals surface area contributed by atoms with Crippen molar-refractivity contribution in [3.63, 3.8) is 0 Å².